The van der Waals surface area contributed by atoms with Crippen molar-refractivity contribution < 1.29 is 9.63 Å². The van der Waals surface area contributed by atoms with Gasteiger partial charge in [-0.05, 0) is 23.3 Å². The van der Waals surface area contributed by atoms with Crippen LogP contribution in [0.4, 0.5) is 0 Å². The summed E-state index contributed by atoms with van der Waals surface area (Å²) in [4.78, 5) is 16.8. The summed E-state index contributed by atoms with van der Waals surface area (Å²) < 4.78 is 0. The van der Waals surface area contributed by atoms with E-state index in [1.807, 2.05) is 55.5 Å². The Morgan fingerprint density at radius 1 is 0.875 bits per heavy atom. The van der Waals surface area contributed by atoms with E-state index in [4.69, 9.17) is 4.84 Å². The van der Waals surface area contributed by atoms with Crippen molar-refractivity contribution in [2.24, 2.45) is 5.16 Å². The van der Waals surface area contributed by atoms with Crippen LogP contribution in [0.1, 0.15) is 30.9 Å². The first kappa shape index (κ1) is 15.9. The summed E-state index contributed by atoms with van der Waals surface area (Å²) in [6.07, 6.45) is 1.11. The minimum Gasteiger partial charge on any atom is -0.318 e. The van der Waals surface area contributed by atoms with Crippen molar-refractivity contribution in [3.05, 3.63) is 83.9 Å². The zero-order valence-electron chi connectivity index (χ0n) is 13.6. The third-order valence-electron chi connectivity index (χ3n) is 3.76. The van der Waals surface area contributed by atoms with Gasteiger partial charge in [0.15, 0.2) is 0 Å². The zero-order valence-corrected chi connectivity index (χ0v) is 13.6. The predicted molar refractivity (Wildman–Crippen MR) is 97.0 cm³/mol. The third kappa shape index (κ3) is 3.69. The fourth-order valence-corrected chi connectivity index (χ4v) is 2.55. The van der Waals surface area contributed by atoms with E-state index >= 15 is 0 Å². The van der Waals surface area contributed by atoms with E-state index < -0.39 is 0 Å². The molecular weight excluding hydrogens is 298 g/mol. The molecule has 3 nitrogen and oxygen atoms in total. The van der Waals surface area contributed by atoms with E-state index in [2.05, 4.69) is 29.4 Å². The van der Waals surface area contributed by atoms with Gasteiger partial charge in [-0.1, -0.05) is 78.8 Å². The Bertz CT molecular complexity index is 869. The fraction of sp³-hybridized carbons (Fsp3) is 0.143. The topological polar surface area (TPSA) is 38.7 Å². The zero-order chi connectivity index (χ0) is 16.8. The second kappa shape index (κ2) is 7.55. The standard InChI is InChI=1S/C21H19NO2/c1-2-8-20(23)24-22-21(17-10-4-3-5-11-17)19-14-13-16-9-6-7-12-18(16)15-19/h3-7,9-15H,2,8H2,1H3. The SMILES string of the molecule is CCCC(=O)ON=C(c1ccccc1)c1ccc2ccccc2c1. The average molecular weight is 317 g/mol. The van der Waals surface area contributed by atoms with Crippen molar-refractivity contribution in [3.8, 4) is 0 Å². The summed E-state index contributed by atoms with van der Waals surface area (Å²) in [5, 5.41) is 6.44. The molecule has 0 unspecified atom stereocenters. The summed E-state index contributed by atoms with van der Waals surface area (Å²) in [6.45, 7) is 1.94. The van der Waals surface area contributed by atoms with Gasteiger partial charge in [-0.25, -0.2) is 4.79 Å². The molecule has 120 valence electrons. The van der Waals surface area contributed by atoms with Gasteiger partial charge in [-0.3, -0.25) is 0 Å². The van der Waals surface area contributed by atoms with Gasteiger partial charge < -0.3 is 4.84 Å². The smallest absolute Gasteiger partial charge is 0.318 e. The van der Waals surface area contributed by atoms with Crippen LogP contribution in [-0.2, 0) is 9.63 Å². The molecule has 3 aromatic rings. The van der Waals surface area contributed by atoms with Gasteiger partial charge >= 0.3 is 5.97 Å². The van der Waals surface area contributed by atoms with Gasteiger partial charge in [-0.15, -0.1) is 0 Å². The lowest BCUT2D eigenvalue weighted by molar-refractivity contribution is -0.143. The maximum atomic E-state index is 11.7. The molecule has 0 fully saturated rings. The van der Waals surface area contributed by atoms with Gasteiger partial charge in [0.05, 0.1) is 0 Å². The summed E-state index contributed by atoms with van der Waals surface area (Å²) in [5.74, 6) is -0.313. The van der Waals surface area contributed by atoms with E-state index in [9.17, 15) is 4.79 Å². The van der Waals surface area contributed by atoms with Crippen LogP contribution < -0.4 is 0 Å². The summed E-state index contributed by atoms with van der Waals surface area (Å²) >= 11 is 0. The lowest BCUT2D eigenvalue weighted by Gasteiger charge is -2.08. The van der Waals surface area contributed by atoms with E-state index in [-0.39, 0.29) is 5.97 Å². The van der Waals surface area contributed by atoms with Crippen molar-refractivity contribution in [1.82, 2.24) is 0 Å². The second-order valence-electron chi connectivity index (χ2n) is 5.58. The molecule has 24 heavy (non-hydrogen) atoms. The Morgan fingerprint density at radius 3 is 2.33 bits per heavy atom. The van der Waals surface area contributed by atoms with Crippen LogP contribution >= 0.6 is 0 Å². The Kier molecular flexibility index (Phi) is 5.02. The first-order chi connectivity index (χ1) is 11.8. The molecule has 0 spiro atoms. The molecule has 0 aliphatic heterocycles. The molecule has 3 aromatic carbocycles. The van der Waals surface area contributed by atoms with Gasteiger partial charge in [0.1, 0.15) is 5.71 Å². The van der Waals surface area contributed by atoms with E-state index in [0.29, 0.717) is 12.1 Å². The highest BCUT2D eigenvalue weighted by Gasteiger charge is 2.10. The van der Waals surface area contributed by atoms with Crippen LogP contribution in [0.15, 0.2) is 78.0 Å². The molecule has 0 bridgehead atoms. The normalized spacial score (nSPS) is 11.5. The number of fused-ring (bicyclic) bond motifs is 1. The van der Waals surface area contributed by atoms with Gasteiger partial charge in [0.2, 0.25) is 0 Å². The van der Waals surface area contributed by atoms with Gasteiger partial charge in [-0.2, -0.15) is 0 Å². The highest BCUT2D eigenvalue weighted by molar-refractivity contribution is 6.14. The minimum atomic E-state index is -0.313. The second-order valence-corrected chi connectivity index (χ2v) is 5.58. The number of oxime groups is 1. The molecule has 0 saturated carbocycles. The molecule has 0 heterocycles. The first-order valence-corrected chi connectivity index (χ1v) is 8.10. The van der Waals surface area contributed by atoms with Crippen LogP contribution in [0, 0.1) is 0 Å². The fourth-order valence-electron chi connectivity index (χ4n) is 2.55. The molecule has 0 amide bonds. The maximum Gasteiger partial charge on any atom is 0.335 e. The first-order valence-electron chi connectivity index (χ1n) is 8.10. The van der Waals surface area contributed by atoms with Crippen molar-refractivity contribution in [3.63, 3.8) is 0 Å². The van der Waals surface area contributed by atoms with Crippen LogP contribution in [0.25, 0.3) is 10.8 Å². The molecule has 0 aromatic heterocycles. The number of carbonyl (C=O) groups excluding carboxylic acids is 1. The van der Waals surface area contributed by atoms with Crippen molar-refractivity contribution in [2.75, 3.05) is 0 Å². The number of nitrogens with zero attached hydrogens (tertiary/aromatic N) is 1. The van der Waals surface area contributed by atoms with Gasteiger partial charge in [0, 0.05) is 17.5 Å². The molecular formula is C21H19NO2. The van der Waals surface area contributed by atoms with Crippen LogP contribution in [0.3, 0.4) is 0 Å². The average Bonchev–Trinajstić information content (AvgIpc) is 2.63. The van der Waals surface area contributed by atoms with Crippen LogP contribution in [0.2, 0.25) is 0 Å². The predicted octanol–water partition coefficient (Wildman–Crippen LogP) is 4.94. The maximum absolute atomic E-state index is 11.7. The van der Waals surface area contributed by atoms with Crippen molar-refractivity contribution in [2.45, 2.75) is 19.8 Å². The number of rotatable bonds is 5. The number of carbonyl (C=O) groups is 1. The molecule has 0 atom stereocenters. The third-order valence-corrected chi connectivity index (χ3v) is 3.76. The highest BCUT2D eigenvalue weighted by atomic mass is 16.7. The Balaban J connectivity index is 2.02. The molecule has 0 saturated heterocycles. The Morgan fingerprint density at radius 2 is 1.58 bits per heavy atom. The van der Waals surface area contributed by atoms with E-state index in [0.717, 1.165) is 28.3 Å². The summed E-state index contributed by atoms with van der Waals surface area (Å²) in [6, 6.07) is 24.0. The minimum absolute atomic E-state index is 0.313. The highest BCUT2D eigenvalue weighted by Crippen LogP contribution is 2.19. The molecule has 0 aliphatic carbocycles. The molecule has 0 N–H and O–H groups in total. The van der Waals surface area contributed by atoms with Crippen molar-refractivity contribution >= 4 is 22.5 Å². The molecule has 0 aliphatic rings. The van der Waals surface area contributed by atoms with Crippen molar-refractivity contribution in [1.29, 1.82) is 0 Å². The molecule has 3 heteroatoms. The lowest BCUT2D eigenvalue weighted by atomic mass is 9.99. The molecule has 0 radical (unpaired) electrons. The monoisotopic (exact) mass is 317 g/mol. The number of benzene rings is 3. The van der Waals surface area contributed by atoms with Crippen LogP contribution in [-0.4, -0.2) is 11.7 Å². The Hall–Kier alpha value is -2.94. The quantitative estimate of drug-likeness (QED) is 0.380. The lowest BCUT2D eigenvalue weighted by Crippen LogP contribution is -2.07. The summed E-state index contributed by atoms with van der Waals surface area (Å²) in [7, 11) is 0. The van der Waals surface area contributed by atoms with E-state index in [1.54, 1.807) is 0 Å². The van der Waals surface area contributed by atoms with Gasteiger partial charge in [0.25, 0.3) is 0 Å². The Labute approximate surface area is 141 Å². The summed E-state index contributed by atoms with van der Waals surface area (Å²) in [5.41, 5.74) is 2.49. The number of hydrogen-bond donors (Lipinski definition) is 0. The largest absolute Gasteiger partial charge is 0.335 e. The number of hydrogen-bond acceptors (Lipinski definition) is 3. The van der Waals surface area contributed by atoms with E-state index in [1.165, 1.54) is 0 Å². The van der Waals surface area contributed by atoms with Crippen LogP contribution in [0.5, 0.6) is 0 Å². The molecule has 3 rings (SSSR count).